The molecule has 5 rings (SSSR count). The molecule has 1 N–H and O–H groups in total. The van der Waals surface area contributed by atoms with Crippen LogP contribution in [0.4, 0.5) is 4.39 Å². The highest BCUT2D eigenvalue weighted by molar-refractivity contribution is 9.11. The number of dihydropyridines is 1. The Hall–Kier alpha value is -3.23. The average molecular weight is 613 g/mol. The van der Waals surface area contributed by atoms with Crippen molar-refractivity contribution in [2.45, 2.75) is 19.4 Å². The SMILES string of the molecule is COC(=O)C1=C(C)NC2=C(C(=O)c3ccccc32)[C@@H]1c1cc(Br)c(OCc2ccccc2F)c(Br)c1. The van der Waals surface area contributed by atoms with E-state index in [1.54, 1.807) is 31.2 Å². The minimum absolute atomic E-state index is 0.0338. The van der Waals surface area contributed by atoms with Gasteiger partial charge in [0.05, 0.1) is 27.3 Å². The Morgan fingerprint density at radius 3 is 2.33 bits per heavy atom. The first-order valence-electron chi connectivity index (χ1n) is 11.1. The van der Waals surface area contributed by atoms with Crippen LogP contribution in [0, 0.1) is 5.82 Å². The topological polar surface area (TPSA) is 64.6 Å². The van der Waals surface area contributed by atoms with E-state index in [9.17, 15) is 14.0 Å². The molecule has 1 atom stereocenters. The van der Waals surface area contributed by atoms with Crippen LogP contribution in [0.25, 0.3) is 5.70 Å². The van der Waals surface area contributed by atoms with Crippen molar-refractivity contribution in [2.75, 3.05) is 7.11 Å². The number of Topliss-reactive ketones (excluding diaryl/α,β-unsaturated/α-hetero) is 1. The maximum absolute atomic E-state index is 14.1. The van der Waals surface area contributed by atoms with Crippen LogP contribution in [-0.4, -0.2) is 18.9 Å². The van der Waals surface area contributed by atoms with Crippen LogP contribution in [0.2, 0.25) is 0 Å². The monoisotopic (exact) mass is 611 g/mol. The number of hydrogen-bond donors (Lipinski definition) is 1. The number of rotatable bonds is 5. The standard InChI is InChI=1S/C28H20Br2FNO4/c1-14-22(28(34)35-2)23(24-25(32-14)17-8-4-5-9-18(17)26(24)33)16-11-19(29)27(20(30)12-16)36-13-15-7-3-6-10-21(15)31/h3-12,23,32H,13H2,1-2H3/t23-/m1/s1. The average Bonchev–Trinajstić information content (AvgIpc) is 3.14. The number of ketones is 1. The number of nitrogens with one attached hydrogen (secondary N) is 1. The molecule has 1 heterocycles. The van der Waals surface area contributed by atoms with Gasteiger partial charge in [0, 0.05) is 33.9 Å². The zero-order chi connectivity index (χ0) is 25.6. The number of benzene rings is 3. The number of halogens is 3. The molecule has 0 unspecified atom stereocenters. The number of ether oxygens (including phenoxy) is 2. The van der Waals surface area contributed by atoms with Crippen LogP contribution >= 0.6 is 31.9 Å². The second kappa shape index (κ2) is 9.67. The Kier molecular flexibility index (Phi) is 6.57. The number of esters is 1. The molecule has 0 aromatic heterocycles. The number of carbonyl (C=O) groups is 2. The summed E-state index contributed by atoms with van der Waals surface area (Å²) >= 11 is 7.13. The molecule has 0 saturated carbocycles. The summed E-state index contributed by atoms with van der Waals surface area (Å²) in [4.78, 5) is 26.5. The third-order valence-corrected chi connectivity index (χ3v) is 7.52. The lowest BCUT2D eigenvalue weighted by Gasteiger charge is -2.29. The molecule has 0 bridgehead atoms. The van der Waals surface area contributed by atoms with E-state index in [1.165, 1.54) is 13.2 Å². The summed E-state index contributed by atoms with van der Waals surface area (Å²) in [5.41, 5.74) is 4.66. The first-order valence-corrected chi connectivity index (χ1v) is 12.7. The lowest BCUT2D eigenvalue weighted by atomic mass is 9.80. The maximum Gasteiger partial charge on any atom is 0.336 e. The molecule has 0 radical (unpaired) electrons. The van der Waals surface area contributed by atoms with Crippen molar-refractivity contribution in [1.82, 2.24) is 5.32 Å². The molecule has 0 saturated heterocycles. The van der Waals surface area contributed by atoms with Crippen molar-refractivity contribution >= 4 is 49.3 Å². The third kappa shape index (κ3) is 4.08. The minimum Gasteiger partial charge on any atom is -0.486 e. The zero-order valence-electron chi connectivity index (χ0n) is 19.3. The summed E-state index contributed by atoms with van der Waals surface area (Å²) in [5, 5.41) is 3.27. The maximum atomic E-state index is 14.1. The van der Waals surface area contributed by atoms with E-state index in [1.807, 2.05) is 30.3 Å². The van der Waals surface area contributed by atoms with E-state index in [0.717, 1.165) is 5.56 Å². The first-order chi connectivity index (χ1) is 17.3. The molecule has 1 aliphatic carbocycles. The lowest BCUT2D eigenvalue weighted by molar-refractivity contribution is -0.136. The van der Waals surface area contributed by atoms with Crippen LogP contribution < -0.4 is 10.1 Å². The molecule has 1 aliphatic heterocycles. The molecule has 2 aliphatic rings. The van der Waals surface area contributed by atoms with Crippen LogP contribution in [-0.2, 0) is 16.1 Å². The zero-order valence-corrected chi connectivity index (χ0v) is 22.5. The first kappa shape index (κ1) is 24.5. The van der Waals surface area contributed by atoms with Crippen molar-refractivity contribution in [1.29, 1.82) is 0 Å². The van der Waals surface area contributed by atoms with Gasteiger partial charge in [0.25, 0.3) is 0 Å². The summed E-state index contributed by atoms with van der Waals surface area (Å²) in [7, 11) is 1.32. The van der Waals surface area contributed by atoms with Gasteiger partial charge in [-0.25, -0.2) is 9.18 Å². The van der Waals surface area contributed by atoms with E-state index < -0.39 is 11.9 Å². The molecule has 0 spiro atoms. The molecule has 5 nitrogen and oxygen atoms in total. The fraction of sp³-hybridized carbons (Fsp3) is 0.143. The Morgan fingerprint density at radius 1 is 1.03 bits per heavy atom. The molecule has 3 aromatic rings. The molecular weight excluding hydrogens is 593 g/mol. The highest BCUT2D eigenvalue weighted by Gasteiger charge is 2.43. The minimum atomic E-state index is -0.665. The van der Waals surface area contributed by atoms with E-state index in [4.69, 9.17) is 9.47 Å². The summed E-state index contributed by atoms with van der Waals surface area (Å²) in [6, 6.07) is 17.4. The van der Waals surface area contributed by atoms with E-state index in [-0.39, 0.29) is 18.2 Å². The van der Waals surface area contributed by atoms with Gasteiger partial charge in [0.2, 0.25) is 0 Å². The summed E-state index contributed by atoms with van der Waals surface area (Å²) in [5.74, 6) is -1.20. The second-order valence-corrected chi connectivity index (χ2v) is 10.2. The molecule has 0 fully saturated rings. The van der Waals surface area contributed by atoms with Crippen molar-refractivity contribution < 1.29 is 23.5 Å². The van der Waals surface area contributed by atoms with Crippen LogP contribution in [0.1, 0.15) is 39.9 Å². The van der Waals surface area contributed by atoms with Gasteiger partial charge in [0.1, 0.15) is 18.2 Å². The van der Waals surface area contributed by atoms with Crippen molar-refractivity contribution in [2.24, 2.45) is 0 Å². The highest BCUT2D eigenvalue weighted by Crippen LogP contribution is 2.48. The third-order valence-electron chi connectivity index (χ3n) is 6.34. The molecule has 182 valence electrons. The molecule has 36 heavy (non-hydrogen) atoms. The van der Waals surface area contributed by atoms with Crippen LogP contribution in [0.15, 0.2) is 86.5 Å². The van der Waals surface area contributed by atoms with E-state index in [2.05, 4.69) is 37.2 Å². The van der Waals surface area contributed by atoms with E-state index >= 15 is 0 Å². The second-order valence-electron chi connectivity index (χ2n) is 8.45. The number of hydrogen-bond acceptors (Lipinski definition) is 5. The summed E-state index contributed by atoms with van der Waals surface area (Å²) in [6.45, 7) is 1.83. The predicted octanol–water partition coefficient (Wildman–Crippen LogP) is 6.67. The van der Waals surface area contributed by atoms with Crippen molar-refractivity contribution in [3.8, 4) is 5.75 Å². The Morgan fingerprint density at radius 2 is 1.67 bits per heavy atom. The van der Waals surface area contributed by atoms with Gasteiger partial charge in [0.15, 0.2) is 5.78 Å². The number of carbonyl (C=O) groups excluding carboxylic acids is 2. The Bertz CT molecular complexity index is 1470. The summed E-state index contributed by atoms with van der Waals surface area (Å²) in [6.07, 6.45) is 0. The van der Waals surface area contributed by atoms with Gasteiger partial charge in [-0.1, -0.05) is 42.5 Å². The molecule has 8 heteroatoms. The largest absolute Gasteiger partial charge is 0.486 e. The number of methoxy groups -OCH3 is 1. The van der Waals surface area contributed by atoms with Gasteiger partial charge in [-0.05, 0) is 62.5 Å². The van der Waals surface area contributed by atoms with Gasteiger partial charge in [-0.2, -0.15) is 0 Å². The van der Waals surface area contributed by atoms with Crippen LogP contribution in [0.3, 0.4) is 0 Å². The Labute approximate surface area is 224 Å². The molecule has 3 aromatic carbocycles. The molecule has 0 amide bonds. The lowest BCUT2D eigenvalue weighted by Crippen LogP contribution is -2.29. The number of allylic oxidation sites excluding steroid dienone is 2. The number of fused-ring (bicyclic) bond motifs is 2. The molecular formula is C28H20Br2FNO4. The fourth-order valence-corrected chi connectivity index (χ4v) is 6.14. The van der Waals surface area contributed by atoms with Gasteiger partial charge in [-0.3, -0.25) is 4.79 Å². The quantitative estimate of drug-likeness (QED) is 0.326. The Balaban J connectivity index is 1.59. The predicted molar refractivity (Wildman–Crippen MR) is 141 cm³/mol. The highest BCUT2D eigenvalue weighted by atomic mass is 79.9. The van der Waals surface area contributed by atoms with Crippen molar-refractivity contribution in [3.05, 3.63) is 115 Å². The fourth-order valence-electron chi connectivity index (χ4n) is 4.69. The van der Waals surface area contributed by atoms with Crippen LogP contribution in [0.5, 0.6) is 5.75 Å². The normalized spacial score (nSPS) is 16.5. The van der Waals surface area contributed by atoms with E-state index in [0.29, 0.717) is 53.9 Å². The van der Waals surface area contributed by atoms with Crippen molar-refractivity contribution in [3.63, 3.8) is 0 Å². The smallest absolute Gasteiger partial charge is 0.336 e. The van der Waals surface area contributed by atoms with Gasteiger partial charge < -0.3 is 14.8 Å². The summed E-state index contributed by atoms with van der Waals surface area (Å²) < 4.78 is 26.3. The van der Waals surface area contributed by atoms with Gasteiger partial charge in [-0.15, -0.1) is 0 Å². The van der Waals surface area contributed by atoms with Gasteiger partial charge >= 0.3 is 5.97 Å².